The number of hydrogen-bond acceptors (Lipinski definition) is 3. The van der Waals surface area contributed by atoms with Crippen molar-refractivity contribution in [1.29, 1.82) is 0 Å². The lowest BCUT2D eigenvalue weighted by atomic mass is 10.2. The molecule has 6 heteroatoms. The summed E-state index contributed by atoms with van der Waals surface area (Å²) >= 11 is 6.10. The molecule has 0 aliphatic heterocycles. The average molecular weight is 344 g/mol. The van der Waals surface area contributed by atoms with Gasteiger partial charge in [0.15, 0.2) is 5.82 Å². The standard InChI is InChI=1S/C18H15ClFN3O/c1-12-6-7-14(10-16(12)20)23-9-8-21-17(18(23)24)22-11-13-4-2-3-5-15(13)19/h2-10H,11H2,1H3,(H,21,22). The third kappa shape index (κ3) is 3.31. The van der Waals surface area contributed by atoms with Gasteiger partial charge < -0.3 is 5.32 Å². The topological polar surface area (TPSA) is 46.9 Å². The highest BCUT2D eigenvalue weighted by Gasteiger charge is 2.08. The molecular weight excluding hydrogens is 329 g/mol. The minimum absolute atomic E-state index is 0.179. The van der Waals surface area contributed by atoms with Crippen LogP contribution in [0.4, 0.5) is 10.2 Å². The Morgan fingerprint density at radius 2 is 2.04 bits per heavy atom. The molecule has 2 aromatic carbocycles. The van der Waals surface area contributed by atoms with Crippen LogP contribution in [0.25, 0.3) is 5.69 Å². The molecule has 0 radical (unpaired) electrons. The van der Waals surface area contributed by atoms with E-state index in [1.165, 1.54) is 23.0 Å². The van der Waals surface area contributed by atoms with Crippen molar-refractivity contribution in [2.24, 2.45) is 0 Å². The number of nitrogens with one attached hydrogen (secondary N) is 1. The lowest BCUT2D eigenvalue weighted by Gasteiger charge is -2.10. The van der Waals surface area contributed by atoms with E-state index in [9.17, 15) is 9.18 Å². The summed E-state index contributed by atoms with van der Waals surface area (Å²) in [5.41, 5.74) is 1.48. The van der Waals surface area contributed by atoms with Crippen LogP contribution in [0, 0.1) is 12.7 Å². The van der Waals surface area contributed by atoms with Crippen molar-refractivity contribution in [3.8, 4) is 5.69 Å². The minimum atomic E-state index is -0.359. The van der Waals surface area contributed by atoms with Gasteiger partial charge in [-0.3, -0.25) is 9.36 Å². The summed E-state index contributed by atoms with van der Waals surface area (Å²) in [6, 6.07) is 12.0. The molecule has 0 spiro atoms. The highest BCUT2D eigenvalue weighted by molar-refractivity contribution is 6.31. The maximum absolute atomic E-state index is 13.7. The van der Waals surface area contributed by atoms with E-state index < -0.39 is 0 Å². The van der Waals surface area contributed by atoms with Crippen molar-refractivity contribution >= 4 is 17.4 Å². The highest BCUT2D eigenvalue weighted by atomic mass is 35.5. The average Bonchev–Trinajstić information content (AvgIpc) is 2.58. The lowest BCUT2D eigenvalue weighted by Crippen LogP contribution is -2.23. The summed E-state index contributed by atoms with van der Waals surface area (Å²) in [7, 11) is 0. The first-order valence-electron chi connectivity index (χ1n) is 7.38. The molecule has 0 aliphatic carbocycles. The van der Waals surface area contributed by atoms with Gasteiger partial charge in [-0.05, 0) is 36.2 Å². The van der Waals surface area contributed by atoms with Gasteiger partial charge in [0.25, 0.3) is 5.56 Å². The van der Waals surface area contributed by atoms with Gasteiger partial charge in [0.2, 0.25) is 0 Å². The van der Waals surface area contributed by atoms with Crippen LogP contribution in [-0.2, 0) is 6.54 Å². The summed E-state index contributed by atoms with van der Waals surface area (Å²) in [6.45, 7) is 2.04. The Bertz CT molecular complexity index is 940. The number of hydrogen-bond donors (Lipinski definition) is 1. The molecule has 0 amide bonds. The smallest absolute Gasteiger partial charge is 0.297 e. The molecule has 0 saturated heterocycles. The number of rotatable bonds is 4. The molecule has 0 bridgehead atoms. The predicted octanol–water partition coefficient (Wildman–Crippen LogP) is 3.95. The Kier molecular flexibility index (Phi) is 4.62. The molecular formula is C18H15ClFN3O. The fourth-order valence-electron chi connectivity index (χ4n) is 2.29. The van der Waals surface area contributed by atoms with E-state index >= 15 is 0 Å². The van der Waals surface area contributed by atoms with E-state index in [2.05, 4.69) is 10.3 Å². The van der Waals surface area contributed by atoms with Crippen LogP contribution in [0.2, 0.25) is 5.02 Å². The number of aromatic nitrogens is 2. The summed E-state index contributed by atoms with van der Waals surface area (Å²) in [5.74, 6) is -0.180. The Balaban J connectivity index is 1.90. The molecule has 0 atom stereocenters. The first-order chi connectivity index (χ1) is 11.6. The zero-order valence-electron chi connectivity index (χ0n) is 13.0. The van der Waals surface area contributed by atoms with E-state index in [4.69, 9.17) is 11.6 Å². The predicted molar refractivity (Wildman–Crippen MR) is 93.3 cm³/mol. The van der Waals surface area contributed by atoms with E-state index in [0.29, 0.717) is 22.8 Å². The van der Waals surface area contributed by atoms with Gasteiger partial charge in [0, 0.05) is 24.0 Å². The van der Waals surface area contributed by atoms with Crippen molar-refractivity contribution in [2.45, 2.75) is 13.5 Å². The molecule has 0 aliphatic rings. The van der Waals surface area contributed by atoms with Crippen molar-refractivity contribution < 1.29 is 4.39 Å². The fourth-order valence-corrected chi connectivity index (χ4v) is 2.49. The summed E-state index contributed by atoms with van der Waals surface area (Å²) < 4.78 is 15.1. The zero-order chi connectivity index (χ0) is 17.1. The van der Waals surface area contributed by atoms with E-state index in [0.717, 1.165) is 5.56 Å². The van der Waals surface area contributed by atoms with Gasteiger partial charge in [0.05, 0.1) is 5.69 Å². The Hall–Kier alpha value is -2.66. The third-order valence-electron chi connectivity index (χ3n) is 3.68. The van der Waals surface area contributed by atoms with E-state index in [1.807, 2.05) is 18.2 Å². The van der Waals surface area contributed by atoms with Gasteiger partial charge in [-0.1, -0.05) is 35.9 Å². The van der Waals surface area contributed by atoms with Gasteiger partial charge in [0.1, 0.15) is 5.82 Å². The largest absolute Gasteiger partial charge is 0.361 e. The van der Waals surface area contributed by atoms with Crippen molar-refractivity contribution in [1.82, 2.24) is 9.55 Å². The summed E-state index contributed by atoms with van der Waals surface area (Å²) in [6.07, 6.45) is 3.00. The van der Waals surface area contributed by atoms with Crippen molar-refractivity contribution in [3.63, 3.8) is 0 Å². The zero-order valence-corrected chi connectivity index (χ0v) is 13.7. The van der Waals surface area contributed by atoms with Gasteiger partial charge >= 0.3 is 0 Å². The third-order valence-corrected chi connectivity index (χ3v) is 4.05. The normalized spacial score (nSPS) is 10.6. The van der Waals surface area contributed by atoms with Gasteiger partial charge in [-0.15, -0.1) is 0 Å². The van der Waals surface area contributed by atoms with Crippen LogP contribution < -0.4 is 10.9 Å². The van der Waals surface area contributed by atoms with Gasteiger partial charge in [-0.25, -0.2) is 9.37 Å². The monoisotopic (exact) mass is 343 g/mol. The maximum atomic E-state index is 13.7. The molecule has 0 saturated carbocycles. The molecule has 122 valence electrons. The number of anilines is 1. The van der Waals surface area contributed by atoms with Crippen LogP contribution in [0.5, 0.6) is 0 Å². The Morgan fingerprint density at radius 3 is 2.79 bits per heavy atom. The molecule has 3 aromatic rings. The van der Waals surface area contributed by atoms with E-state index in [-0.39, 0.29) is 17.2 Å². The molecule has 1 N–H and O–H groups in total. The summed E-state index contributed by atoms with van der Waals surface area (Å²) in [4.78, 5) is 16.6. The second kappa shape index (κ2) is 6.84. The molecule has 1 heterocycles. The van der Waals surface area contributed by atoms with Crippen molar-refractivity contribution in [2.75, 3.05) is 5.32 Å². The summed E-state index contributed by atoms with van der Waals surface area (Å²) in [5, 5.41) is 3.60. The number of benzene rings is 2. The van der Waals surface area contributed by atoms with E-state index in [1.54, 1.807) is 25.1 Å². The minimum Gasteiger partial charge on any atom is -0.361 e. The highest BCUT2D eigenvalue weighted by Crippen LogP contribution is 2.16. The molecule has 3 rings (SSSR count). The molecule has 0 fully saturated rings. The maximum Gasteiger partial charge on any atom is 0.297 e. The fraction of sp³-hybridized carbons (Fsp3) is 0.111. The SMILES string of the molecule is Cc1ccc(-n2ccnc(NCc3ccccc3Cl)c2=O)cc1F. The van der Waals surface area contributed by atoms with Crippen LogP contribution in [-0.4, -0.2) is 9.55 Å². The Morgan fingerprint density at radius 1 is 1.25 bits per heavy atom. The molecule has 0 unspecified atom stereocenters. The first-order valence-corrected chi connectivity index (χ1v) is 7.75. The lowest BCUT2D eigenvalue weighted by molar-refractivity contribution is 0.617. The van der Waals surface area contributed by atoms with Crippen LogP contribution >= 0.6 is 11.6 Å². The quantitative estimate of drug-likeness (QED) is 0.780. The molecule has 4 nitrogen and oxygen atoms in total. The van der Waals surface area contributed by atoms with Gasteiger partial charge in [-0.2, -0.15) is 0 Å². The Labute approximate surface area is 143 Å². The number of halogens is 2. The second-order valence-electron chi connectivity index (χ2n) is 5.33. The van der Waals surface area contributed by atoms with Crippen LogP contribution in [0.3, 0.4) is 0 Å². The number of nitrogens with zero attached hydrogens (tertiary/aromatic N) is 2. The molecule has 24 heavy (non-hydrogen) atoms. The first kappa shape index (κ1) is 16.2. The van der Waals surface area contributed by atoms with Crippen LogP contribution in [0.15, 0.2) is 59.7 Å². The molecule has 1 aromatic heterocycles. The van der Waals surface area contributed by atoms with Crippen LogP contribution in [0.1, 0.15) is 11.1 Å². The second-order valence-corrected chi connectivity index (χ2v) is 5.74. The van der Waals surface area contributed by atoms with Crippen molar-refractivity contribution in [3.05, 3.63) is 87.2 Å². The number of aryl methyl sites for hydroxylation is 1.